The Kier molecular flexibility index (Phi) is 6.51. The largest absolute Gasteiger partial charge is 0.469 e. The molecule has 5 aliphatic rings. The predicted octanol–water partition coefficient (Wildman–Crippen LogP) is 6.94. The molecular weight excluding hydrogens is 476 g/mol. The number of fused-ring (bicyclic) bond motifs is 7. The van der Waals surface area contributed by atoms with Crippen molar-refractivity contribution in [3.8, 4) is 0 Å². The molecule has 0 heterocycles. The molecule has 0 amide bonds. The fourth-order valence-electron chi connectivity index (χ4n) is 12.6. The lowest BCUT2D eigenvalue weighted by Gasteiger charge is -2.73. The molecule has 0 saturated heterocycles. The summed E-state index contributed by atoms with van der Waals surface area (Å²) in [6.45, 7) is 17.7. The van der Waals surface area contributed by atoms with Crippen LogP contribution in [0.1, 0.15) is 120 Å². The van der Waals surface area contributed by atoms with Crippen LogP contribution >= 0.6 is 0 Å². The molecule has 5 fully saturated rings. The number of carbonyl (C=O) groups excluding carboxylic acids is 2. The van der Waals surface area contributed by atoms with Gasteiger partial charge in [0.05, 0.1) is 18.1 Å². The summed E-state index contributed by atoms with van der Waals surface area (Å²) in [7, 11) is 1.55. The van der Waals surface area contributed by atoms with Crippen LogP contribution in [0.5, 0.6) is 0 Å². The van der Waals surface area contributed by atoms with Crippen LogP contribution in [0.4, 0.5) is 0 Å². The van der Waals surface area contributed by atoms with Gasteiger partial charge in [-0.15, -0.1) is 0 Å². The highest BCUT2D eigenvalue weighted by Gasteiger charge is 2.73. The Labute approximate surface area is 231 Å². The van der Waals surface area contributed by atoms with Crippen molar-refractivity contribution in [2.75, 3.05) is 7.11 Å². The summed E-state index contributed by atoms with van der Waals surface area (Å²) in [5.74, 6) is 1.52. The standard InChI is InChI=1S/C33H54O5/c1-20(34)38-22-19-33(8)25(30(5)17-13-21(26(22)30)28(2,3)36)12-11-24-29(4)15-10-16-31(6,27(35)37-9)23(29)14-18-32(24,33)7/h21-26,36H,10-19H2,1-9H3/t21-,22-,23+,24+,25+,26+,29-,30+,31+,32+,33+/m0/s1. The van der Waals surface area contributed by atoms with Crippen LogP contribution in [0.25, 0.3) is 0 Å². The lowest BCUT2D eigenvalue weighted by molar-refractivity contribution is -0.264. The summed E-state index contributed by atoms with van der Waals surface area (Å²) in [4.78, 5) is 25.6. The number of hydrogen-bond acceptors (Lipinski definition) is 5. The SMILES string of the molecule is COC(=O)[C@]1(C)CCC[C@@]2(C)[C@H]1CC[C@]1(C)[C@@H]2CC[C@@H]2[C@@]3(C)CC[C@H](C(C)(C)O)[C@@H]3[C@@H](OC(C)=O)C[C@]21C. The molecule has 216 valence electrons. The van der Waals surface area contributed by atoms with Crippen LogP contribution < -0.4 is 0 Å². The Morgan fingerprint density at radius 3 is 2.03 bits per heavy atom. The molecule has 38 heavy (non-hydrogen) atoms. The number of rotatable bonds is 3. The van der Waals surface area contributed by atoms with Gasteiger partial charge in [0.25, 0.3) is 0 Å². The molecule has 1 N–H and O–H groups in total. The quantitative estimate of drug-likeness (QED) is 0.400. The van der Waals surface area contributed by atoms with E-state index in [2.05, 4.69) is 34.6 Å². The van der Waals surface area contributed by atoms with E-state index < -0.39 is 11.0 Å². The molecule has 5 nitrogen and oxygen atoms in total. The first-order valence-electron chi connectivity index (χ1n) is 15.5. The average Bonchev–Trinajstić information content (AvgIpc) is 3.17. The second-order valence-electron chi connectivity index (χ2n) is 16.1. The van der Waals surface area contributed by atoms with E-state index in [-0.39, 0.29) is 51.5 Å². The Morgan fingerprint density at radius 1 is 0.816 bits per heavy atom. The highest BCUT2D eigenvalue weighted by atomic mass is 16.5. The Balaban J connectivity index is 1.57. The first-order chi connectivity index (χ1) is 17.5. The molecule has 0 aromatic rings. The minimum atomic E-state index is -0.790. The average molecular weight is 531 g/mol. The molecule has 5 aliphatic carbocycles. The zero-order chi connectivity index (χ0) is 28.1. The van der Waals surface area contributed by atoms with E-state index in [0.29, 0.717) is 17.8 Å². The summed E-state index contributed by atoms with van der Waals surface area (Å²) >= 11 is 0. The van der Waals surface area contributed by atoms with Crippen molar-refractivity contribution < 1.29 is 24.2 Å². The van der Waals surface area contributed by atoms with Gasteiger partial charge in [-0.3, -0.25) is 9.59 Å². The first kappa shape index (κ1) is 28.4. The molecular formula is C33H54O5. The van der Waals surface area contributed by atoms with Crippen LogP contribution in [0, 0.1) is 56.7 Å². The zero-order valence-electron chi connectivity index (χ0n) is 25.6. The molecule has 5 rings (SSSR count). The maximum absolute atomic E-state index is 13.1. The van der Waals surface area contributed by atoms with E-state index >= 15 is 0 Å². The van der Waals surface area contributed by atoms with Gasteiger partial charge in [0, 0.05) is 12.8 Å². The third kappa shape index (κ3) is 3.58. The van der Waals surface area contributed by atoms with Gasteiger partial charge in [0.15, 0.2) is 0 Å². The van der Waals surface area contributed by atoms with Gasteiger partial charge >= 0.3 is 11.9 Å². The number of hydrogen-bond donors (Lipinski definition) is 1. The fourth-order valence-corrected chi connectivity index (χ4v) is 12.6. The molecule has 0 radical (unpaired) electrons. The van der Waals surface area contributed by atoms with Crippen molar-refractivity contribution in [2.24, 2.45) is 56.7 Å². The smallest absolute Gasteiger partial charge is 0.311 e. The predicted molar refractivity (Wildman–Crippen MR) is 148 cm³/mol. The van der Waals surface area contributed by atoms with Crippen LogP contribution in [-0.4, -0.2) is 35.9 Å². The molecule has 0 unspecified atom stereocenters. The third-order valence-corrected chi connectivity index (χ3v) is 14.2. The van der Waals surface area contributed by atoms with Gasteiger partial charge < -0.3 is 14.6 Å². The third-order valence-electron chi connectivity index (χ3n) is 14.2. The van der Waals surface area contributed by atoms with Gasteiger partial charge in [-0.1, -0.05) is 34.1 Å². The Morgan fingerprint density at radius 2 is 1.45 bits per heavy atom. The van der Waals surface area contributed by atoms with Crippen molar-refractivity contribution in [3.63, 3.8) is 0 Å². The molecule has 0 aromatic carbocycles. The van der Waals surface area contributed by atoms with Crippen LogP contribution in [0.15, 0.2) is 0 Å². The van der Waals surface area contributed by atoms with Crippen molar-refractivity contribution in [1.82, 2.24) is 0 Å². The van der Waals surface area contributed by atoms with Gasteiger partial charge in [-0.25, -0.2) is 0 Å². The normalized spacial score (nSPS) is 52.2. The van der Waals surface area contributed by atoms with Gasteiger partial charge in [-0.2, -0.15) is 0 Å². The maximum atomic E-state index is 13.1. The second kappa shape index (κ2) is 8.70. The van der Waals surface area contributed by atoms with Crippen LogP contribution in [0.3, 0.4) is 0 Å². The van der Waals surface area contributed by atoms with E-state index in [4.69, 9.17) is 9.47 Å². The summed E-state index contributed by atoms with van der Waals surface area (Å²) < 4.78 is 11.6. The minimum Gasteiger partial charge on any atom is -0.469 e. The number of esters is 2. The number of methoxy groups -OCH3 is 1. The highest BCUT2D eigenvalue weighted by molar-refractivity contribution is 5.77. The minimum absolute atomic E-state index is 0.0246. The molecule has 0 aliphatic heterocycles. The van der Waals surface area contributed by atoms with E-state index in [9.17, 15) is 14.7 Å². The van der Waals surface area contributed by atoms with E-state index in [0.717, 1.165) is 44.9 Å². The Bertz CT molecular complexity index is 984. The molecule has 5 saturated carbocycles. The zero-order valence-corrected chi connectivity index (χ0v) is 25.6. The lowest BCUT2D eigenvalue weighted by atomic mass is 9.31. The number of ether oxygens (including phenoxy) is 2. The van der Waals surface area contributed by atoms with Gasteiger partial charge in [0.2, 0.25) is 0 Å². The lowest BCUT2D eigenvalue weighted by Crippen LogP contribution is -2.68. The van der Waals surface area contributed by atoms with E-state index in [1.165, 1.54) is 19.3 Å². The summed E-state index contributed by atoms with van der Waals surface area (Å²) in [5.41, 5.74) is -0.922. The monoisotopic (exact) mass is 530 g/mol. The van der Waals surface area contributed by atoms with Crippen molar-refractivity contribution in [2.45, 2.75) is 131 Å². The molecule has 0 bridgehead atoms. The number of aliphatic hydroxyl groups is 1. The summed E-state index contributed by atoms with van der Waals surface area (Å²) in [6, 6.07) is 0. The fraction of sp³-hybridized carbons (Fsp3) is 0.939. The molecule has 0 aromatic heterocycles. The van der Waals surface area contributed by atoms with Crippen LogP contribution in [-0.2, 0) is 19.1 Å². The maximum Gasteiger partial charge on any atom is 0.311 e. The first-order valence-corrected chi connectivity index (χ1v) is 15.5. The van der Waals surface area contributed by atoms with Crippen molar-refractivity contribution in [1.29, 1.82) is 0 Å². The highest BCUT2D eigenvalue weighted by Crippen LogP contribution is 2.78. The van der Waals surface area contributed by atoms with Crippen molar-refractivity contribution in [3.05, 3.63) is 0 Å². The van der Waals surface area contributed by atoms with Gasteiger partial charge in [-0.05, 0) is 124 Å². The number of carbonyl (C=O) groups is 2. The van der Waals surface area contributed by atoms with E-state index in [1.807, 2.05) is 13.8 Å². The summed E-state index contributed by atoms with van der Waals surface area (Å²) in [5, 5.41) is 11.2. The van der Waals surface area contributed by atoms with Crippen molar-refractivity contribution >= 4 is 11.9 Å². The molecule has 11 atom stereocenters. The van der Waals surface area contributed by atoms with Crippen LogP contribution in [0.2, 0.25) is 0 Å². The molecule has 0 spiro atoms. The molecule has 5 heteroatoms. The second-order valence-corrected chi connectivity index (χ2v) is 16.1. The summed E-state index contributed by atoms with van der Waals surface area (Å²) in [6.07, 6.45) is 10.5. The van der Waals surface area contributed by atoms with E-state index in [1.54, 1.807) is 14.0 Å². The van der Waals surface area contributed by atoms with Gasteiger partial charge in [0.1, 0.15) is 6.10 Å². The topological polar surface area (TPSA) is 72.8 Å². The Hall–Kier alpha value is -1.10.